The molecule has 3 aromatic rings. The summed E-state index contributed by atoms with van der Waals surface area (Å²) in [7, 11) is 0. The van der Waals surface area contributed by atoms with Crippen molar-refractivity contribution in [2.45, 2.75) is 95.3 Å². The van der Waals surface area contributed by atoms with Crippen LogP contribution in [0.2, 0.25) is 0 Å². The van der Waals surface area contributed by atoms with Crippen LogP contribution in [-0.2, 0) is 0 Å². The van der Waals surface area contributed by atoms with Crippen molar-refractivity contribution in [2.75, 3.05) is 9.80 Å². The fourth-order valence-corrected chi connectivity index (χ4v) is 12.0. The quantitative estimate of drug-likeness (QED) is 0.109. The summed E-state index contributed by atoms with van der Waals surface area (Å²) in [5.74, 6) is 0.442. The number of nitriles is 2. The molecule has 0 bridgehead atoms. The number of allylic oxidation sites excluding steroid dienone is 18. The number of fused-ring (bicyclic) bond motifs is 6. The lowest BCUT2D eigenvalue weighted by Crippen LogP contribution is -2.48. The highest BCUT2D eigenvalue weighted by Crippen LogP contribution is 2.49. The predicted octanol–water partition coefficient (Wildman–Crippen LogP) is 14.1. The molecule has 6 heteroatoms. The Balaban J connectivity index is 0.871. The lowest BCUT2D eigenvalue weighted by molar-refractivity contribution is -0.373. The lowest BCUT2D eigenvalue weighted by atomic mass is 9.84. The zero-order valence-electron chi connectivity index (χ0n) is 39.7. The number of rotatable bonds is 11. The van der Waals surface area contributed by atoms with E-state index in [1.54, 1.807) is 0 Å². The Morgan fingerprint density at radius 2 is 1.70 bits per heavy atom. The van der Waals surface area contributed by atoms with E-state index in [9.17, 15) is 10.5 Å². The summed E-state index contributed by atoms with van der Waals surface area (Å²) in [4.78, 5) is 7.73. The van der Waals surface area contributed by atoms with Crippen LogP contribution in [0.25, 0.3) is 5.57 Å². The third-order valence-corrected chi connectivity index (χ3v) is 15.4. The van der Waals surface area contributed by atoms with E-state index in [4.69, 9.17) is 0 Å². The van der Waals surface area contributed by atoms with Crippen molar-refractivity contribution in [3.8, 4) is 12.1 Å². The molecule has 6 nitrogen and oxygen atoms in total. The topological polar surface area (TPSA) is 60.3 Å². The third kappa shape index (κ3) is 8.34. The molecule has 3 aromatic carbocycles. The minimum absolute atomic E-state index is 0.126. The molecular weight excluding hydrogens is 841 g/mol. The summed E-state index contributed by atoms with van der Waals surface area (Å²) in [6.07, 6.45) is 48.4. The van der Waals surface area contributed by atoms with Crippen molar-refractivity contribution in [3.05, 3.63) is 239 Å². The van der Waals surface area contributed by atoms with Gasteiger partial charge in [-0.1, -0.05) is 115 Å². The summed E-state index contributed by atoms with van der Waals surface area (Å²) in [6, 6.07) is 34.6. The second-order valence-corrected chi connectivity index (χ2v) is 19.3. The minimum atomic E-state index is 0.126. The van der Waals surface area contributed by atoms with Crippen LogP contribution in [0.5, 0.6) is 0 Å². The van der Waals surface area contributed by atoms with Crippen molar-refractivity contribution in [1.82, 2.24) is 4.90 Å². The van der Waals surface area contributed by atoms with Crippen molar-refractivity contribution in [2.24, 2.45) is 5.92 Å². The van der Waals surface area contributed by atoms with Gasteiger partial charge in [-0.2, -0.15) is 15.1 Å². The molecule has 0 radical (unpaired) electrons. The molecule has 6 aliphatic carbocycles. The normalized spacial score (nSPS) is 25.0. The SMILES string of the molecule is C/C=C(C#N)\C=C/C(C)N(C1C=C2C(=CC1)[N+](c1ccccc1)=C1C=CC=CC21)C1CC=C(c2ccc(N(C3=CC4c5ccccc5N(C5=CC=CCC5)C4C=C3)C3=CC=C(C#N)CC3)cc2)CC1. The highest BCUT2D eigenvalue weighted by molar-refractivity contribution is 6.01. The molecule has 0 spiro atoms. The molecule has 11 rings (SSSR count). The Bertz CT molecular complexity index is 3080. The number of nitrogens with zero attached hydrogens (tertiary/aromatic N) is 6. The summed E-state index contributed by atoms with van der Waals surface area (Å²) < 4.78 is 2.45. The van der Waals surface area contributed by atoms with Crippen LogP contribution in [0.1, 0.15) is 82.3 Å². The van der Waals surface area contributed by atoms with Gasteiger partial charge in [-0.15, -0.1) is 0 Å². The van der Waals surface area contributed by atoms with E-state index in [1.807, 2.05) is 25.2 Å². The van der Waals surface area contributed by atoms with Gasteiger partial charge < -0.3 is 9.80 Å². The molecule has 0 saturated carbocycles. The van der Waals surface area contributed by atoms with Gasteiger partial charge in [0.15, 0.2) is 5.71 Å². The molecule has 6 unspecified atom stereocenters. The van der Waals surface area contributed by atoms with Crippen LogP contribution in [0.3, 0.4) is 0 Å². The molecule has 6 atom stereocenters. The first kappa shape index (κ1) is 44.0. The van der Waals surface area contributed by atoms with E-state index in [0.29, 0.717) is 11.6 Å². The van der Waals surface area contributed by atoms with Crippen LogP contribution >= 0.6 is 0 Å². The van der Waals surface area contributed by atoms with E-state index >= 15 is 0 Å². The highest BCUT2D eigenvalue weighted by atomic mass is 15.2. The number of para-hydroxylation sites is 2. The Labute approximate surface area is 408 Å². The number of benzene rings is 3. The molecule has 0 N–H and O–H groups in total. The molecular formula is C63H59N6+. The van der Waals surface area contributed by atoms with Gasteiger partial charge in [0.2, 0.25) is 11.4 Å². The van der Waals surface area contributed by atoms with Crippen LogP contribution in [0.15, 0.2) is 228 Å². The average Bonchev–Trinajstić information content (AvgIpc) is 3.92. The van der Waals surface area contributed by atoms with Gasteiger partial charge in [0.25, 0.3) is 0 Å². The number of hydrogen-bond donors (Lipinski definition) is 0. The van der Waals surface area contributed by atoms with Crippen molar-refractivity contribution in [3.63, 3.8) is 0 Å². The first-order valence-electron chi connectivity index (χ1n) is 25.1. The van der Waals surface area contributed by atoms with Gasteiger partial charge in [-0.25, -0.2) is 0 Å². The van der Waals surface area contributed by atoms with E-state index < -0.39 is 0 Å². The van der Waals surface area contributed by atoms with E-state index in [0.717, 1.165) is 62.6 Å². The maximum atomic E-state index is 9.80. The molecule has 0 amide bonds. The lowest BCUT2D eigenvalue weighted by Gasteiger charge is -2.42. The zero-order chi connectivity index (χ0) is 46.8. The first-order chi connectivity index (χ1) is 34.0. The Kier molecular flexibility index (Phi) is 12.3. The van der Waals surface area contributed by atoms with Gasteiger partial charge in [-0.3, -0.25) is 4.90 Å². The van der Waals surface area contributed by atoms with Crippen molar-refractivity contribution in [1.29, 1.82) is 10.5 Å². The molecule has 340 valence electrons. The van der Waals surface area contributed by atoms with Gasteiger partial charge in [0.1, 0.15) is 0 Å². The molecule has 0 aromatic heterocycles. The summed E-state index contributed by atoms with van der Waals surface area (Å²) in [5.41, 5.74) is 17.0. The van der Waals surface area contributed by atoms with Gasteiger partial charge in [0.05, 0.1) is 24.1 Å². The van der Waals surface area contributed by atoms with Gasteiger partial charge in [-0.05, 0) is 137 Å². The Morgan fingerprint density at radius 3 is 2.45 bits per heavy atom. The molecule has 0 fully saturated rings. The second-order valence-electron chi connectivity index (χ2n) is 19.3. The van der Waals surface area contributed by atoms with Gasteiger partial charge in [0, 0.05) is 87.4 Å². The number of hydrogen-bond acceptors (Lipinski definition) is 5. The van der Waals surface area contributed by atoms with Crippen molar-refractivity contribution < 1.29 is 4.58 Å². The average molecular weight is 900 g/mol. The van der Waals surface area contributed by atoms with Crippen LogP contribution in [0.4, 0.5) is 17.1 Å². The Hall–Kier alpha value is -7.51. The largest absolute Gasteiger partial charge is 0.337 e. The molecule has 2 aliphatic heterocycles. The minimum Gasteiger partial charge on any atom is -0.337 e. The standard InChI is InChI=1S/C63H59N6/c1-3-45(42-64)23-22-44(2)66(54-36-38-62-58(40-54)56-18-10-12-20-60(56)68(62)49-14-6-4-7-15-49)51-32-26-47(27-33-51)48-28-34-53(35-29-48)67(52-30-24-46(43-65)25-31-52)55-37-39-63-59(41-55)57-19-11-13-21-61(57)69(63)50-16-8-5-9-17-50/h3-8,10-16,18-24,26,28-30,34-35,37-41,44,51,54,56,59,63H,9,17,25,27,31-33,36H2,1-2H3/q+1/b23-22-,45-3+. The predicted molar refractivity (Wildman–Crippen MR) is 282 cm³/mol. The van der Waals surface area contributed by atoms with Crippen molar-refractivity contribution >= 4 is 28.3 Å². The van der Waals surface area contributed by atoms with Crippen LogP contribution in [0, 0.1) is 28.6 Å². The number of anilines is 2. The zero-order valence-corrected chi connectivity index (χ0v) is 39.7. The maximum absolute atomic E-state index is 9.80. The first-order valence-corrected chi connectivity index (χ1v) is 25.1. The smallest absolute Gasteiger partial charge is 0.211 e. The third-order valence-electron chi connectivity index (χ3n) is 15.4. The van der Waals surface area contributed by atoms with E-state index in [1.165, 1.54) is 62.1 Å². The summed E-state index contributed by atoms with van der Waals surface area (Å²) in [6.45, 7) is 4.24. The Morgan fingerprint density at radius 1 is 0.841 bits per heavy atom. The molecule has 2 heterocycles. The van der Waals surface area contributed by atoms with Crippen LogP contribution in [-0.4, -0.2) is 39.4 Å². The molecule has 69 heavy (non-hydrogen) atoms. The van der Waals surface area contributed by atoms with Crippen LogP contribution < -0.4 is 9.80 Å². The summed E-state index contributed by atoms with van der Waals surface area (Å²) >= 11 is 0. The maximum Gasteiger partial charge on any atom is 0.211 e. The molecule has 0 saturated heterocycles. The molecule has 8 aliphatic rings. The summed E-state index contributed by atoms with van der Waals surface area (Å²) in [5, 5.41) is 19.6. The van der Waals surface area contributed by atoms with Gasteiger partial charge >= 0.3 is 0 Å². The highest BCUT2D eigenvalue weighted by Gasteiger charge is 2.45. The fraction of sp³-hybridized carbons (Fsp3) is 0.254. The second kappa shape index (κ2) is 19.2. The van der Waals surface area contributed by atoms with E-state index in [2.05, 4.69) is 208 Å². The van der Waals surface area contributed by atoms with E-state index in [-0.39, 0.29) is 30.0 Å². The monoisotopic (exact) mass is 899 g/mol. The fourth-order valence-electron chi connectivity index (χ4n) is 12.0.